The number of aromatic nitrogens is 2. The predicted octanol–water partition coefficient (Wildman–Crippen LogP) is 4.76. The second kappa shape index (κ2) is 8.87. The number of nitrogens with zero attached hydrogens (tertiary/aromatic N) is 3. The van der Waals surface area contributed by atoms with E-state index in [1.165, 1.54) is 0 Å². The highest BCUT2D eigenvalue weighted by atomic mass is 35.5. The fourth-order valence-electron chi connectivity index (χ4n) is 3.07. The minimum Gasteiger partial charge on any atom is -0.292 e. The van der Waals surface area contributed by atoms with Crippen LogP contribution in [0.4, 0.5) is 24.5 Å². The van der Waals surface area contributed by atoms with E-state index < -0.39 is 28.3 Å². The number of aryl methyl sites for hydroxylation is 1. The number of amides is 1. The molecule has 1 aromatic heterocycles. The molecule has 0 aliphatic heterocycles. The molecule has 2 N–H and O–H groups in total. The fourth-order valence-corrected chi connectivity index (χ4v) is 3.20. The van der Waals surface area contributed by atoms with Gasteiger partial charge < -0.3 is 0 Å². The van der Waals surface area contributed by atoms with Crippen LogP contribution in [0.5, 0.6) is 0 Å². The number of hydrazine groups is 1. The highest BCUT2D eigenvalue weighted by molar-refractivity contribution is 6.30. The number of halogens is 4. The SMILES string of the molecule is Cc1nn(-c2ccc(Cl)cc2)c(C)c1CC(=O)NNc1ccc(C(F)(F)F)cc1[N+](=O)[O-]. The van der Waals surface area contributed by atoms with Crippen molar-refractivity contribution in [2.75, 3.05) is 5.43 Å². The Hall–Kier alpha value is -3.60. The number of carbonyl (C=O) groups excluding carboxylic acids is 1. The van der Waals surface area contributed by atoms with Crippen LogP contribution in [0, 0.1) is 24.0 Å². The van der Waals surface area contributed by atoms with Crippen LogP contribution < -0.4 is 10.9 Å². The molecule has 0 unspecified atom stereocenters. The molecule has 2 aromatic carbocycles. The van der Waals surface area contributed by atoms with E-state index in [1.54, 1.807) is 42.8 Å². The van der Waals surface area contributed by atoms with E-state index in [1.807, 2.05) is 0 Å². The fraction of sp³-hybridized carbons (Fsp3) is 0.200. The van der Waals surface area contributed by atoms with Gasteiger partial charge in [0.25, 0.3) is 5.69 Å². The van der Waals surface area contributed by atoms with E-state index in [0.717, 1.165) is 11.8 Å². The molecule has 1 heterocycles. The first-order chi connectivity index (χ1) is 15.0. The lowest BCUT2D eigenvalue weighted by atomic mass is 10.1. The molecular weight excluding hydrogens is 451 g/mol. The lowest BCUT2D eigenvalue weighted by Crippen LogP contribution is -2.31. The monoisotopic (exact) mass is 467 g/mol. The number of alkyl halides is 3. The van der Waals surface area contributed by atoms with Gasteiger partial charge in [0.05, 0.1) is 28.3 Å². The van der Waals surface area contributed by atoms with Gasteiger partial charge in [0.2, 0.25) is 5.91 Å². The molecule has 0 bridgehead atoms. The van der Waals surface area contributed by atoms with Crippen molar-refractivity contribution in [2.24, 2.45) is 0 Å². The van der Waals surface area contributed by atoms with E-state index in [4.69, 9.17) is 11.6 Å². The van der Waals surface area contributed by atoms with Gasteiger partial charge in [-0.2, -0.15) is 18.3 Å². The second-order valence-corrected chi connectivity index (χ2v) is 7.31. The minimum absolute atomic E-state index is 0.104. The number of nitrogens with one attached hydrogen (secondary N) is 2. The predicted molar refractivity (Wildman–Crippen MR) is 112 cm³/mol. The smallest absolute Gasteiger partial charge is 0.292 e. The molecule has 0 saturated heterocycles. The highest BCUT2D eigenvalue weighted by Crippen LogP contribution is 2.34. The van der Waals surface area contributed by atoms with Gasteiger partial charge in [-0.15, -0.1) is 0 Å². The van der Waals surface area contributed by atoms with Gasteiger partial charge in [-0.1, -0.05) is 11.6 Å². The van der Waals surface area contributed by atoms with Gasteiger partial charge in [-0.05, 0) is 50.2 Å². The number of hydrogen-bond donors (Lipinski definition) is 2. The van der Waals surface area contributed by atoms with E-state index in [-0.39, 0.29) is 12.1 Å². The molecular formula is C20H17ClF3N5O3. The van der Waals surface area contributed by atoms with E-state index >= 15 is 0 Å². The lowest BCUT2D eigenvalue weighted by molar-refractivity contribution is -0.384. The number of rotatable bonds is 6. The normalized spacial score (nSPS) is 11.3. The molecule has 0 spiro atoms. The Kier molecular flexibility index (Phi) is 6.40. The maximum absolute atomic E-state index is 12.8. The molecule has 3 aromatic rings. The Morgan fingerprint density at radius 2 is 1.84 bits per heavy atom. The maximum Gasteiger partial charge on any atom is 0.416 e. The Bertz CT molecular complexity index is 1180. The number of hydrogen-bond acceptors (Lipinski definition) is 5. The molecule has 0 saturated carbocycles. The molecule has 0 fully saturated rings. The summed E-state index contributed by atoms with van der Waals surface area (Å²) in [5, 5.41) is 16.1. The standard InChI is InChI=1S/C20H17ClF3N5O3/c1-11-16(12(2)28(27-11)15-6-4-14(21)5-7-15)10-19(30)26-25-17-8-3-13(20(22,23)24)9-18(17)29(31)32/h3-9,25H,10H2,1-2H3,(H,26,30). The zero-order valence-electron chi connectivity index (χ0n) is 16.8. The third-order valence-electron chi connectivity index (χ3n) is 4.71. The largest absolute Gasteiger partial charge is 0.416 e. The Morgan fingerprint density at radius 1 is 1.19 bits per heavy atom. The van der Waals surface area contributed by atoms with Gasteiger partial charge in [0, 0.05) is 22.3 Å². The second-order valence-electron chi connectivity index (χ2n) is 6.87. The first-order valence-electron chi connectivity index (χ1n) is 9.19. The molecule has 12 heteroatoms. The summed E-state index contributed by atoms with van der Waals surface area (Å²) >= 11 is 5.90. The molecule has 8 nitrogen and oxygen atoms in total. The summed E-state index contributed by atoms with van der Waals surface area (Å²) < 4.78 is 40.1. The Morgan fingerprint density at radius 3 is 2.44 bits per heavy atom. The van der Waals surface area contributed by atoms with Crippen molar-refractivity contribution >= 4 is 28.9 Å². The Labute approximate surface area is 185 Å². The average molecular weight is 468 g/mol. The summed E-state index contributed by atoms with van der Waals surface area (Å²) in [5.41, 5.74) is 5.06. The van der Waals surface area contributed by atoms with Crippen LogP contribution in [-0.4, -0.2) is 20.6 Å². The van der Waals surface area contributed by atoms with Crippen LogP contribution in [0.3, 0.4) is 0 Å². The van der Waals surface area contributed by atoms with Crippen LogP contribution in [0.15, 0.2) is 42.5 Å². The average Bonchev–Trinajstić information content (AvgIpc) is 3.00. The summed E-state index contributed by atoms with van der Waals surface area (Å²) in [6.07, 6.45) is -4.83. The van der Waals surface area contributed by atoms with Gasteiger partial charge in [-0.25, -0.2) is 4.68 Å². The van der Waals surface area contributed by atoms with E-state index in [2.05, 4.69) is 16.0 Å². The molecule has 0 aliphatic carbocycles. The molecule has 0 radical (unpaired) electrons. The van der Waals surface area contributed by atoms with Crippen LogP contribution in [0.25, 0.3) is 5.69 Å². The third-order valence-corrected chi connectivity index (χ3v) is 4.96. The third kappa shape index (κ3) is 4.99. The van der Waals surface area contributed by atoms with Crippen molar-refractivity contribution in [1.29, 1.82) is 0 Å². The molecule has 168 valence electrons. The first-order valence-corrected chi connectivity index (χ1v) is 9.56. The van der Waals surface area contributed by atoms with Crippen molar-refractivity contribution in [1.82, 2.24) is 15.2 Å². The van der Waals surface area contributed by atoms with Crippen LogP contribution in [0.1, 0.15) is 22.5 Å². The summed E-state index contributed by atoms with van der Waals surface area (Å²) in [6, 6.07) is 8.94. The highest BCUT2D eigenvalue weighted by Gasteiger charge is 2.33. The molecule has 0 atom stereocenters. The van der Waals surface area contributed by atoms with Crippen molar-refractivity contribution in [3.05, 3.63) is 80.1 Å². The summed E-state index contributed by atoms with van der Waals surface area (Å²) in [7, 11) is 0. The lowest BCUT2D eigenvalue weighted by Gasteiger charge is -2.11. The van der Waals surface area contributed by atoms with Crippen LogP contribution in [-0.2, 0) is 17.4 Å². The van der Waals surface area contributed by atoms with Crippen LogP contribution >= 0.6 is 11.6 Å². The zero-order chi connectivity index (χ0) is 23.6. The zero-order valence-corrected chi connectivity index (χ0v) is 17.6. The van der Waals surface area contributed by atoms with Crippen molar-refractivity contribution in [3.8, 4) is 5.69 Å². The number of nitro groups is 1. The molecule has 3 rings (SSSR count). The van der Waals surface area contributed by atoms with Gasteiger partial charge >= 0.3 is 6.18 Å². The first kappa shape index (κ1) is 23.1. The maximum atomic E-state index is 12.8. The van der Waals surface area contributed by atoms with Gasteiger partial charge in [-0.3, -0.25) is 25.8 Å². The Balaban J connectivity index is 1.75. The van der Waals surface area contributed by atoms with Gasteiger partial charge in [0.1, 0.15) is 5.69 Å². The number of anilines is 1. The quantitative estimate of drug-likeness (QED) is 0.402. The molecule has 0 aliphatic rings. The van der Waals surface area contributed by atoms with Gasteiger partial charge in [0.15, 0.2) is 0 Å². The van der Waals surface area contributed by atoms with Crippen molar-refractivity contribution in [2.45, 2.75) is 26.4 Å². The number of benzene rings is 2. The summed E-state index contributed by atoms with van der Waals surface area (Å²) in [6.45, 7) is 3.52. The molecule has 1 amide bonds. The van der Waals surface area contributed by atoms with E-state index in [9.17, 15) is 28.1 Å². The van der Waals surface area contributed by atoms with Crippen molar-refractivity contribution < 1.29 is 22.9 Å². The van der Waals surface area contributed by atoms with Crippen LogP contribution in [0.2, 0.25) is 5.02 Å². The van der Waals surface area contributed by atoms with E-state index in [0.29, 0.717) is 34.1 Å². The van der Waals surface area contributed by atoms with Crippen molar-refractivity contribution in [3.63, 3.8) is 0 Å². The summed E-state index contributed by atoms with van der Waals surface area (Å²) in [5.74, 6) is -0.555. The molecule has 32 heavy (non-hydrogen) atoms. The topological polar surface area (TPSA) is 102 Å². The number of nitro benzene ring substituents is 1. The summed E-state index contributed by atoms with van der Waals surface area (Å²) in [4.78, 5) is 22.6. The minimum atomic E-state index is -4.73. The number of carbonyl (C=O) groups is 1.